The molecule has 1 aromatic carbocycles. The Morgan fingerprint density at radius 1 is 1.22 bits per heavy atom. The minimum absolute atomic E-state index is 0.148. The van der Waals surface area contributed by atoms with Crippen molar-refractivity contribution in [1.82, 2.24) is 4.90 Å². The fourth-order valence-corrected chi connectivity index (χ4v) is 1.76. The van der Waals surface area contributed by atoms with Crippen LogP contribution in [0.2, 0.25) is 0 Å². The predicted octanol–water partition coefficient (Wildman–Crippen LogP) is 1.85. The van der Waals surface area contributed by atoms with Crippen LogP contribution in [0.15, 0.2) is 30.3 Å². The van der Waals surface area contributed by atoms with Crippen LogP contribution in [0.1, 0.15) is 11.5 Å². The molecule has 0 aliphatic rings. The molecule has 1 rings (SSSR count). The minimum atomic E-state index is -2.47. The topological polar surface area (TPSA) is 47.3 Å². The van der Waals surface area contributed by atoms with Gasteiger partial charge < -0.3 is 5.11 Å². The Kier molecular flexibility index (Phi) is 6.26. The lowest BCUT2D eigenvalue weighted by Gasteiger charge is -2.23. The molecule has 0 radical (unpaired) electrons. The largest absolute Gasteiger partial charge is 0.395 e. The fourth-order valence-electron chi connectivity index (χ4n) is 1.76. The summed E-state index contributed by atoms with van der Waals surface area (Å²) in [5, 5.41) is 17.9. The van der Waals surface area contributed by atoms with Crippen molar-refractivity contribution in [3.05, 3.63) is 35.9 Å². The molecule has 98 valence electrons. The van der Waals surface area contributed by atoms with E-state index in [4.69, 9.17) is 10.4 Å². The van der Waals surface area contributed by atoms with Crippen molar-refractivity contribution in [1.29, 1.82) is 5.26 Å². The average molecular weight is 254 g/mol. The van der Waals surface area contributed by atoms with Gasteiger partial charge in [-0.25, -0.2) is 8.78 Å². The molecule has 0 heterocycles. The van der Waals surface area contributed by atoms with E-state index < -0.39 is 18.9 Å². The molecule has 0 aliphatic heterocycles. The lowest BCUT2D eigenvalue weighted by molar-refractivity contribution is 0.0773. The smallest absolute Gasteiger partial charge is 0.251 e. The van der Waals surface area contributed by atoms with Crippen molar-refractivity contribution in [3.8, 4) is 6.07 Å². The molecule has 5 heteroatoms. The highest BCUT2D eigenvalue weighted by molar-refractivity contribution is 5.25. The third-order valence-corrected chi connectivity index (χ3v) is 2.61. The highest BCUT2D eigenvalue weighted by atomic mass is 19.3. The van der Waals surface area contributed by atoms with E-state index in [9.17, 15) is 8.78 Å². The first-order chi connectivity index (χ1) is 8.67. The van der Waals surface area contributed by atoms with E-state index in [0.717, 1.165) is 5.56 Å². The van der Waals surface area contributed by atoms with Gasteiger partial charge in [0.2, 0.25) is 0 Å². The first-order valence-corrected chi connectivity index (χ1v) is 5.73. The van der Waals surface area contributed by atoms with Crippen LogP contribution in [-0.4, -0.2) is 42.7 Å². The number of halogens is 2. The Morgan fingerprint density at radius 2 is 1.89 bits per heavy atom. The van der Waals surface area contributed by atoms with E-state index >= 15 is 0 Å². The number of hydrogen-bond donors (Lipinski definition) is 1. The van der Waals surface area contributed by atoms with E-state index in [1.54, 1.807) is 12.1 Å². The number of nitrogens with zero attached hydrogens (tertiary/aromatic N) is 2. The SMILES string of the molecule is N#CC(CN(CCO)CC(F)F)c1ccccc1. The molecule has 1 aromatic rings. The maximum absolute atomic E-state index is 12.4. The van der Waals surface area contributed by atoms with Gasteiger partial charge in [-0.3, -0.25) is 4.90 Å². The van der Waals surface area contributed by atoms with Gasteiger partial charge >= 0.3 is 0 Å². The van der Waals surface area contributed by atoms with Crippen LogP contribution < -0.4 is 0 Å². The molecule has 0 saturated heterocycles. The summed E-state index contributed by atoms with van der Waals surface area (Å²) in [5.74, 6) is -0.462. The van der Waals surface area contributed by atoms with Crippen LogP contribution in [0.25, 0.3) is 0 Å². The maximum atomic E-state index is 12.4. The normalized spacial score (nSPS) is 12.7. The van der Waals surface area contributed by atoms with Gasteiger partial charge in [-0.05, 0) is 5.56 Å². The van der Waals surface area contributed by atoms with Gasteiger partial charge in [0.25, 0.3) is 6.43 Å². The fraction of sp³-hybridized carbons (Fsp3) is 0.462. The summed E-state index contributed by atoms with van der Waals surface area (Å²) in [5.41, 5.74) is 0.803. The van der Waals surface area contributed by atoms with Crippen LogP contribution in [0.5, 0.6) is 0 Å². The van der Waals surface area contributed by atoms with Crippen molar-refractivity contribution in [2.75, 3.05) is 26.2 Å². The molecular formula is C13H16F2N2O. The third kappa shape index (κ3) is 4.78. The molecule has 3 nitrogen and oxygen atoms in total. The van der Waals surface area contributed by atoms with E-state index in [2.05, 4.69) is 6.07 Å². The van der Waals surface area contributed by atoms with Gasteiger partial charge in [0.15, 0.2) is 0 Å². The van der Waals surface area contributed by atoms with Crippen LogP contribution >= 0.6 is 0 Å². The predicted molar refractivity (Wildman–Crippen MR) is 64.3 cm³/mol. The number of alkyl halides is 2. The summed E-state index contributed by atoms with van der Waals surface area (Å²) in [7, 11) is 0. The van der Waals surface area contributed by atoms with Gasteiger partial charge in [0, 0.05) is 13.1 Å². The van der Waals surface area contributed by atoms with Crippen LogP contribution in [0.3, 0.4) is 0 Å². The maximum Gasteiger partial charge on any atom is 0.251 e. The van der Waals surface area contributed by atoms with Crippen LogP contribution in [0, 0.1) is 11.3 Å². The van der Waals surface area contributed by atoms with Crippen molar-refractivity contribution in [2.24, 2.45) is 0 Å². The standard InChI is InChI=1S/C13H16F2N2O/c14-13(15)10-17(6-7-18)9-12(8-16)11-4-2-1-3-5-11/h1-5,12-13,18H,6-7,9-10H2. The molecule has 1 unspecified atom stereocenters. The number of benzene rings is 1. The Labute approximate surface area is 105 Å². The van der Waals surface area contributed by atoms with Crippen molar-refractivity contribution < 1.29 is 13.9 Å². The Balaban J connectivity index is 2.68. The molecule has 0 aromatic heterocycles. The summed E-state index contributed by atoms with van der Waals surface area (Å²) in [4.78, 5) is 1.41. The zero-order valence-electron chi connectivity index (χ0n) is 9.97. The van der Waals surface area contributed by atoms with Gasteiger partial charge in [-0.1, -0.05) is 30.3 Å². The Hall–Kier alpha value is -1.51. The second kappa shape index (κ2) is 7.75. The quantitative estimate of drug-likeness (QED) is 0.807. The molecule has 0 bridgehead atoms. The summed E-state index contributed by atoms with van der Waals surface area (Å²) >= 11 is 0. The first-order valence-electron chi connectivity index (χ1n) is 5.73. The van der Waals surface area contributed by atoms with Gasteiger partial charge in [-0.15, -0.1) is 0 Å². The molecule has 0 fully saturated rings. The molecule has 0 spiro atoms. The van der Waals surface area contributed by atoms with Gasteiger partial charge in [0.1, 0.15) is 0 Å². The summed E-state index contributed by atoms with van der Waals surface area (Å²) in [6.07, 6.45) is -2.47. The number of nitriles is 1. The molecule has 0 aliphatic carbocycles. The summed E-state index contributed by atoms with van der Waals surface area (Å²) in [6, 6.07) is 11.2. The summed E-state index contributed by atoms with van der Waals surface area (Å²) < 4.78 is 24.7. The Bertz CT molecular complexity index is 378. The van der Waals surface area contributed by atoms with Crippen molar-refractivity contribution in [2.45, 2.75) is 12.3 Å². The van der Waals surface area contributed by atoms with E-state index in [0.29, 0.717) is 0 Å². The number of aliphatic hydroxyl groups is 1. The second-order valence-corrected chi connectivity index (χ2v) is 3.97. The lowest BCUT2D eigenvalue weighted by Crippen LogP contribution is -2.35. The lowest BCUT2D eigenvalue weighted by atomic mass is 10.00. The zero-order chi connectivity index (χ0) is 13.4. The highest BCUT2D eigenvalue weighted by Crippen LogP contribution is 2.16. The molecule has 0 amide bonds. The van der Waals surface area contributed by atoms with Gasteiger partial charge in [-0.2, -0.15) is 5.26 Å². The molecule has 18 heavy (non-hydrogen) atoms. The minimum Gasteiger partial charge on any atom is -0.395 e. The van der Waals surface area contributed by atoms with E-state index in [-0.39, 0.29) is 19.7 Å². The zero-order valence-corrected chi connectivity index (χ0v) is 9.97. The van der Waals surface area contributed by atoms with E-state index in [1.165, 1.54) is 4.90 Å². The van der Waals surface area contributed by atoms with E-state index in [1.807, 2.05) is 18.2 Å². The second-order valence-electron chi connectivity index (χ2n) is 3.97. The van der Waals surface area contributed by atoms with Crippen molar-refractivity contribution >= 4 is 0 Å². The van der Waals surface area contributed by atoms with Crippen LogP contribution in [0.4, 0.5) is 8.78 Å². The number of aliphatic hydroxyl groups excluding tert-OH is 1. The average Bonchev–Trinajstić information content (AvgIpc) is 2.36. The first kappa shape index (κ1) is 14.6. The molecule has 1 N–H and O–H groups in total. The summed E-state index contributed by atoms with van der Waals surface area (Å²) in [6.45, 7) is -0.272. The monoisotopic (exact) mass is 254 g/mol. The van der Waals surface area contributed by atoms with Crippen LogP contribution in [-0.2, 0) is 0 Å². The molecular weight excluding hydrogens is 238 g/mol. The molecule has 1 atom stereocenters. The highest BCUT2D eigenvalue weighted by Gasteiger charge is 2.18. The third-order valence-electron chi connectivity index (χ3n) is 2.61. The Morgan fingerprint density at radius 3 is 2.39 bits per heavy atom. The van der Waals surface area contributed by atoms with Crippen molar-refractivity contribution in [3.63, 3.8) is 0 Å². The number of rotatable bonds is 7. The molecule has 0 saturated carbocycles. The number of hydrogen-bond acceptors (Lipinski definition) is 3. The van der Waals surface area contributed by atoms with Gasteiger partial charge in [0.05, 0.1) is 25.1 Å².